The summed E-state index contributed by atoms with van der Waals surface area (Å²) in [7, 11) is -1.36. The van der Waals surface area contributed by atoms with Crippen LogP contribution in [-0.4, -0.2) is 30.2 Å². The molecule has 0 saturated heterocycles. The molecule has 88 valence electrons. The van der Waals surface area contributed by atoms with Crippen molar-refractivity contribution in [3.05, 3.63) is 0 Å². The van der Waals surface area contributed by atoms with Gasteiger partial charge in [-0.25, -0.2) is 0 Å². The highest BCUT2D eigenvalue weighted by molar-refractivity contribution is 6.77. The summed E-state index contributed by atoms with van der Waals surface area (Å²) >= 11 is 0. The van der Waals surface area contributed by atoms with Gasteiger partial charge in [-0.1, -0.05) is 25.2 Å². The molecule has 5 heteroatoms. The Bertz CT molecular complexity index is 203. The third kappa shape index (κ3) is 9.46. The Labute approximate surface area is 91.3 Å². The second-order valence-corrected chi connectivity index (χ2v) is 9.99. The van der Waals surface area contributed by atoms with Crippen molar-refractivity contribution in [2.75, 3.05) is 0 Å². The van der Waals surface area contributed by atoms with Gasteiger partial charge in [0.1, 0.15) is 0 Å². The molecule has 0 aromatic carbocycles. The molecule has 0 bridgehead atoms. The molecule has 15 heavy (non-hydrogen) atoms. The van der Waals surface area contributed by atoms with Crippen molar-refractivity contribution in [3.8, 4) is 0 Å². The largest absolute Gasteiger partial charge is 0.481 e. The molecule has 0 aliphatic rings. The summed E-state index contributed by atoms with van der Waals surface area (Å²) in [6, 6.07) is 1.94. The highest BCUT2D eigenvalue weighted by Gasteiger charge is 2.20. The molecule has 0 spiro atoms. The topological polar surface area (TPSA) is 74.6 Å². The van der Waals surface area contributed by atoms with E-state index in [-0.39, 0.29) is 12.8 Å². The first-order chi connectivity index (χ1) is 6.83. The van der Waals surface area contributed by atoms with Crippen molar-refractivity contribution in [2.24, 2.45) is 0 Å². The van der Waals surface area contributed by atoms with E-state index in [2.05, 4.69) is 13.1 Å². The van der Waals surface area contributed by atoms with Crippen LogP contribution in [0.15, 0.2) is 0 Å². The predicted molar refractivity (Wildman–Crippen MR) is 60.8 cm³/mol. The Morgan fingerprint density at radius 1 is 0.933 bits per heavy atom. The van der Waals surface area contributed by atoms with E-state index in [4.69, 9.17) is 10.2 Å². The van der Waals surface area contributed by atoms with Gasteiger partial charge in [-0.3, -0.25) is 9.59 Å². The summed E-state index contributed by atoms with van der Waals surface area (Å²) in [5.74, 6) is -1.49. The fourth-order valence-corrected chi connectivity index (χ4v) is 4.08. The van der Waals surface area contributed by atoms with Crippen LogP contribution in [0, 0.1) is 0 Å². The Balaban J connectivity index is 3.66. The average molecular weight is 232 g/mol. The van der Waals surface area contributed by atoms with Crippen LogP contribution in [0.4, 0.5) is 0 Å². The number of aliphatic carboxylic acids is 2. The van der Waals surface area contributed by atoms with Crippen LogP contribution in [0.1, 0.15) is 25.7 Å². The molecule has 0 amide bonds. The fraction of sp³-hybridized carbons (Fsp3) is 0.800. The van der Waals surface area contributed by atoms with Crippen molar-refractivity contribution < 1.29 is 19.8 Å². The molecule has 0 aliphatic heterocycles. The second-order valence-electron chi connectivity index (χ2n) is 4.66. The van der Waals surface area contributed by atoms with E-state index in [0.717, 1.165) is 24.9 Å². The van der Waals surface area contributed by atoms with Gasteiger partial charge in [0, 0.05) is 20.9 Å². The molecule has 0 unspecified atom stereocenters. The molecular formula is C10H20O4Si. The minimum absolute atomic E-state index is 0.232. The van der Waals surface area contributed by atoms with Gasteiger partial charge in [0.2, 0.25) is 0 Å². The Kier molecular flexibility index (Phi) is 6.23. The number of hydrogen-bond acceptors (Lipinski definition) is 2. The number of carboxylic acid groups (broad SMARTS) is 2. The lowest BCUT2D eigenvalue weighted by Gasteiger charge is -2.21. The summed E-state index contributed by atoms with van der Waals surface area (Å²) in [5, 5.41) is 17.0. The van der Waals surface area contributed by atoms with Crippen LogP contribution in [0.2, 0.25) is 25.2 Å². The Morgan fingerprint density at radius 3 is 1.53 bits per heavy atom. The van der Waals surface area contributed by atoms with Gasteiger partial charge in [0.15, 0.2) is 0 Å². The summed E-state index contributed by atoms with van der Waals surface area (Å²) in [6.45, 7) is 4.38. The van der Waals surface area contributed by atoms with Gasteiger partial charge in [-0.2, -0.15) is 0 Å². The zero-order chi connectivity index (χ0) is 11.9. The number of carbonyl (C=O) groups is 2. The Morgan fingerprint density at radius 2 is 1.27 bits per heavy atom. The molecular weight excluding hydrogens is 212 g/mol. The van der Waals surface area contributed by atoms with Crippen molar-refractivity contribution >= 4 is 20.0 Å². The third-order valence-corrected chi connectivity index (χ3v) is 5.90. The van der Waals surface area contributed by atoms with E-state index in [9.17, 15) is 9.59 Å². The standard InChI is InChI=1S/C10H20O4Si/c1-15(2,7-3-5-9(11)12)8-4-6-10(13)14/h3-8H2,1-2H3,(H,11,12)(H,13,14). The van der Waals surface area contributed by atoms with E-state index in [1.807, 2.05) is 0 Å². The molecule has 0 atom stereocenters. The maximum atomic E-state index is 10.3. The summed E-state index contributed by atoms with van der Waals surface area (Å²) < 4.78 is 0. The second kappa shape index (κ2) is 6.61. The zero-order valence-corrected chi connectivity index (χ0v) is 10.5. The first kappa shape index (κ1) is 14.2. The van der Waals surface area contributed by atoms with Crippen LogP contribution in [0.3, 0.4) is 0 Å². The van der Waals surface area contributed by atoms with E-state index in [0.29, 0.717) is 0 Å². The van der Waals surface area contributed by atoms with Crippen molar-refractivity contribution in [2.45, 2.75) is 50.9 Å². The molecule has 0 aromatic heterocycles. The molecule has 0 heterocycles. The van der Waals surface area contributed by atoms with Crippen molar-refractivity contribution in [1.82, 2.24) is 0 Å². The smallest absolute Gasteiger partial charge is 0.303 e. The van der Waals surface area contributed by atoms with Gasteiger partial charge in [-0.15, -0.1) is 0 Å². The quantitative estimate of drug-likeness (QED) is 0.630. The average Bonchev–Trinajstić information content (AvgIpc) is 2.01. The van der Waals surface area contributed by atoms with Gasteiger partial charge >= 0.3 is 11.9 Å². The van der Waals surface area contributed by atoms with E-state index in [1.54, 1.807) is 0 Å². The SMILES string of the molecule is C[Si](C)(CCCC(=O)O)CCCC(=O)O. The lowest BCUT2D eigenvalue weighted by Crippen LogP contribution is -2.25. The molecule has 0 aromatic rings. The van der Waals surface area contributed by atoms with Gasteiger partial charge in [0.05, 0.1) is 0 Å². The van der Waals surface area contributed by atoms with Crippen LogP contribution in [0.5, 0.6) is 0 Å². The predicted octanol–water partition coefficient (Wildman–Crippen LogP) is 2.42. The van der Waals surface area contributed by atoms with Crippen LogP contribution in [0.25, 0.3) is 0 Å². The molecule has 0 rings (SSSR count). The highest BCUT2D eigenvalue weighted by Crippen LogP contribution is 2.21. The Hall–Kier alpha value is -0.843. The first-order valence-electron chi connectivity index (χ1n) is 5.27. The van der Waals surface area contributed by atoms with Gasteiger partial charge < -0.3 is 10.2 Å². The molecule has 0 radical (unpaired) electrons. The number of carboxylic acids is 2. The molecule has 0 saturated carbocycles. The van der Waals surface area contributed by atoms with E-state index >= 15 is 0 Å². The van der Waals surface area contributed by atoms with Gasteiger partial charge in [-0.05, 0) is 12.8 Å². The maximum absolute atomic E-state index is 10.3. The first-order valence-corrected chi connectivity index (χ1v) is 8.68. The lowest BCUT2D eigenvalue weighted by atomic mass is 10.3. The van der Waals surface area contributed by atoms with Gasteiger partial charge in [0.25, 0.3) is 0 Å². The minimum atomic E-state index is -1.36. The van der Waals surface area contributed by atoms with E-state index < -0.39 is 20.0 Å². The normalized spacial score (nSPS) is 11.3. The zero-order valence-electron chi connectivity index (χ0n) is 9.45. The summed E-state index contributed by atoms with van der Waals surface area (Å²) in [4.78, 5) is 20.7. The maximum Gasteiger partial charge on any atom is 0.303 e. The summed E-state index contributed by atoms with van der Waals surface area (Å²) in [6.07, 6.45) is 1.91. The molecule has 0 fully saturated rings. The monoisotopic (exact) mass is 232 g/mol. The van der Waals surface area contributed by atoms with Crippen LogP contribution < -0.4 is 0 Å². The molecule has 2 N–H and O–H groups in total. The molecule has 4 nitrogen and oxygen atoms in total. The number of hydrogen-bond donors (Lipinski definition) is 2. The van der Waals surface area contributed by atoms with Crippen molar-refractivity contribution in [1.29, 1.82) is 0 Å². The highest BCUT2D eigenvalue weighted by atomic mass is 28.3. The number of rotatable bonds is 8. The van der Waals surface area contributed by atoms with E-state index in [1.165, 1.54) is 0 Å². The summed E-state index contributed by atoms with van der Waals surface area (Å²) in [5.41, 5.74) is 0. The van der Waals surface area contributed by atoms with Crippen LogP contribution >= 0.6 is 0 Å². The molecule has 0 aliphatic carbocycles. The third-order valence-electron chi connectivity index (χ3n) is 2.49. The van der Waals surface area contributed by atoms with Crippen LogP contribution in [-0.2, 0) is 9.59 Å². The van der Waals surface area contributed by atoms with Crippen molar-refractivity contribution in [3.63, 3.8) is 0 Å². The lowest BCUT2D eigenvalue weighted by molar-refractivity contribution is -0.138. The fourth-order valence-electron chi connectivity index (χ4n) is 1.56. The minimum Gasteiger partial charge on any atom is -0.481 e.